The van der Waals surface area contributed by atoms with E-state index in [4.69, 9.17) is 10.5 Å². The SMILES string of the molecule is COC(C)C(=O)NC1CCN(CC(N)=O)CC1. The molecule has 0 aromatic rings. The third-order valence-electron chi connectivity index (χ3n) is 3.04. The quantitative estimate of drug-likeness (QED) is 0.654. The van der Waals surface area contributed by atoms with Crippen LogP contribution in [-0.2, 0) is 14.3 Å². The first kappa shape index (κ1) is 13.9. The molecule has 1 saturated heterocycles. The van der Waals surface area contributed by atoms with Gasteiger partial charge < -0.3 is 15.8 Å². The topological polar surface area (TPSA) is 84.7 Å². The molecule has 0 saturated carbocycles. The van der Waals surface area contributed by atoms with Crippen molar-refractivity contribution in [2.45, 2.75) is 31.9 Å². The van der Waals surface area contributed by atoms with Crippen molar-refractivity contribution in [1.82, 2.24) is 10.2 Å². The van der Waals surface area contributed by atoms with Crippen LogP contribution in [0, 0.1) is 0 Å². The number of rotatable bonds is 5. The molecule has 3 N–H and O–H groups in total. The molecule has 0 aromatic heterocycles. The Kier molecular flexibility index (Phi) is 5.37. The van der Waals surface area contributed by atoms with Crippen LogP contribution in [-0.4, -0.2) is 55.6 Å². The van der Waals surface area contributed by atoms with Gasteiger partial charge in [0.2, 0.25) is 11.8 Å². The Bertz CT molecular complexity index is 275. The standard InChI is InChI=1S/C11H21N3O3/c1-8(17-2)11(16)13-9-3-5-14(6-4-9)7-10(12)15/h8-9H,3-7H2,1-2H3,(H2,12,15)(H,13,16). The molecule has 2 amide bonds. The summed E-state index contributed by atoms with van der Waals surface area (Å²) in [6.45, 7) is 3.59. The fourth-order valence-corrected chi connectivity index (χ4v) is 1.88. The zero-order valence-electron chi connectivity index (χ0n) is 10.4. The zero-order valence-corrected chi connectivity index (χ0v) is 10.4. The van der Waals surface area contributed by atoms with Gasteiger partial charge >= 0.3 is 0 Å². The van der Waals surface area contributed by atoms with Crippen LogP contribution in [0.15, 0.2) is 0 Å². The van der Waals surface area contributed by atoms with Crippen LogP contribution in [0.25, 0.3) is 0 Å². The summed E-state index contributed by atoms with van der Waals surface area (Å²) in [4.78, 5) is 24.3. The summed E-state index contributed by atoms with van der Waals surface area (Å²) < 4.78 is 4.94. The van der Waals surface area contributed by atoms with Crippen molar-refractivity contribution in [2.24, 2.45) is 5.73 Å². The van der Waals surface area contributed by atoms with Crippen LogP contribution in [0.3, 0.4) is 0 Å². The van der Waals surface area contributed by atoms with Gasteiger partial charge in [-0.15, -0.1) is 0 Å². The van der Waals surface area contributed by atoms with E-state index in [9.17, 15) is 9.59 Å². The molecule has 0 bridgehead atoms. The third-order valence-corrected chi connectivity index (χ3v) is 3.04. The van der Waals surface area contributed by atoms with Crippen molar-refractivity contribution in [3.05, 3.63) is 0 Å². The Hall–Kier alpha value is -1.14. The van der Waals surface area contributed by atoms with Crippen molar-refractivity contribution in [3.63, 3.8) is 0 Å². The molecule has 1 heterocycles. The molecular formula is C11H21N3O3. The Morgan fingerprint density at radius 3 is 2.53 bits per heavy atom. The molecule has 6 nitrogen and oxygen atoms in total. The summed E-state index contributed by atoms with van der Waals surface area (Å²) in [6.07, 6.45) is 1.27. The Labute approximate surface area is 101 Å². The van der Waals surface area contributed by atoms with Gasteiger partial charge in [-0.25, -0.2) is 0 Å². The van der Waals surface area contributed by atoms with E-state index < -0.39 is 6.10 Å². The van der Waals surface area contributed by atoms with Gasteiger partial charge in [-0.1, -0.05) is 0 Å². The highest BCUT2D eigenvalue weighted by Crippen LogP contribution is 2.10. The smallest absolute Gasteiger partial charge is 0.249 e. The number of likely N-dealkylation sites (tertiary alicyclic amines) is 1. The molecule has 6 heteroatoms. The minimum atomic E-state index is -0.418. The van der Waals surface area contributed by atoms with Gasteiger partial charge in [0.15, 0.2) is 0 Å². The van der Waals surface area contributed by atoms with E-state index in [-0.39, 0.29) is 17.9 Å². The maximum atomic E-state index is 11.6. The summed E-state index contributed by atoms with van der Waals surface area (Å²) in [5.41, 5.74) is 5.13. The van der Waals surface area contributed by atoms with Crippen molar-refractivity contribution in [1.29, 1.82) is 0 Å². The van der Waals surface area contributed by atoms with E-state index in [0.29, 0.717) is 6.54 Å². The lowest BCUT2D eigenvalue weighted by atomic mass is 10.0. The molecule has 1 aliphatic rings. The minimum Gasteiger partial charge on any atom is -0.372 e. The predicted octanol–water partition coefficient (Wildman–Crippen LogP) is -0.913. The molecule has 0 aromatic carbocycles. The number of ether oxygens (including phenoxy) is 1. The second kappa shape index (κ2) is 6.56. The number of primary amides is 1. The fraction of sp³-hybridized carbons (Fsp3) is 0.818. The second-order valence-corrected chi connectivity index (χ2v) is 4.40. The van der Waals surface area contributed by atoms with Gasteiger partial charge in [0.25, 0.3) is 0 Å². The molecular weight excluding hydrogens is 222 g/mol. The normalized spacial score (nSPS) is 19.9. The number of amides is 2. The van der Waals surface area contributed by atoms with E-state index in [2.05, 4.69) is 5.32 Å². The summed E-state index contributed by atoms with van der Waals surface area (Å²) in [5.74, 6) is -0.388. The van der Waals surface area contributed by atoms with E-state index in [0.717, 1.165) is 25.9 Å². The number of methoxy groups -OCH3 is 1. The fourth-order valence-electron chi connectivity index (χ4n) is 1.88. The number of nitrogens with one attached hydrogen (secondary N) is 1. The molecule has 0 radical (unpaired) electrons. The summed E-state index contributed by atoms with van der Waals surface area (Å²) >= 11 is 0. The lowest BCUT2D eigenvalue weighted by Gasteiger charge is -2.31. The molecule has 1 fully saturated rings. The third kappa shape index (κ3) is 4.70. The van der Waals surface area contributed by atoms with Crippen molar-refractivity contribution in [2.75, 3.05) is 26.7 Å². The van der Waals surface area contributed by atoms with Crippen molar-refractivity contribution >= 4 is 11.8 Å². The highest BCUT2D eigenvalue weighted by molar-refractivity contribution is 5.80. The maximum Gasteiger partial charge on any atom is 0.249 e. The van der Waals surface area contributed by atoms with E-state index in [1.54, 1.807) is 6.92 Å². The minimum absolute atomic E-state index is 0.0825. The first-order chi connectivity index (χ1) is 8.02. The highest BCUT2D eigenvalue weighted by atomic mass is 16.5. The monoisotopic (exact) mass is 243 g/mol. The lowest BCUT2D eigenvalue weighted by molar-refractivity contribution is -0.131. The average molecular weight is 243 g/mol. The molecule has 1 atom stereocenters. The largest absolute Gasteiger partial charge is 0.372 e. The van der Waals surface area contributed by atoms with Gasteiger partial charge in [0.1, 0.15) is 6.10 Å². The van der Waals surface area contributed by atoms with Gasteiger partial charge in [-0.05, 0) is 19.8 Å². The number of hydrogen-bond donors (Lipinski definition) is 2. The molecule has 98 valence electrons. The van der Waals surface area contributed by atoms with Gasteiger partial charge in [0, 0.05) is 26.2 Å². The van der Waals surface area contributed by atoms with Crippen LogP contribution in [0.4, 0.5) is 0 Å². The molecule has 1 rings (SSSR count). The Morgan fingerprint density at radius 2 is 2.06 bits per heavy atom. The first-order valence-corrected chi connectivity index (χ1v) is 5.86. The molecule has 1 aliphatic heterocycles. The lowest BCUT2D eigenvalue weighted by Crippen LogP contribution is -2.48. The van der Waals surface area contributed by atoms with Crippen LogP contribution >= 0.6 is 0 Å². The number of hydrogen-bond acceptors (Lipinski definition) is 4. The predicted molar refractivity (Wildman–Crippen MR) is 63.3 cm³/mol. The van der Waals surface area contributed by atoms with Crippen molar-refractivity contribution < 1.29 is 14.3 Å². The number of piperidine rings is 1. The summed E-state index contributed by atoms with van der Waals surface area (Å²) in [6, 6.07) is 0.171. The number of carbonyl (C=O) groups is 2. The van der Waals surface area contributed by atoms with Gasteiger partial charge in [0.05, 0.1) is 6.54 Å². The van der Waals surface area contributed by atoms with E-state index in [1.165, 1.54) is 7.11 Å². The number of nitrogens with zero attached hydrogens (tertiary/aromatic N) is 1. The zero-order chi connectivity index (χ0) is 12.8. The summed E-state index contributed by atoms with van der Waals surface area (Å²) in [5, 5.41) is 2.94. The van der Waals surface area contributed by atoms with Crippen molar-refractivity contribution in [3.8, 4) is 0 Å². The van der Waals surface area contributed by atoms with Crippen LogP contribution in [0.2, 0.25) is 0 Å². The van der Waals surface area contributed by atoms with Gasteiger partial charge in [-0.3, -0.25) is 14.5 Å². The van der Waals surface area contributed by atoms with Crippen LogP contribution in [0.1, 0.15) is 19.8 Å². The molecule has 1 unspecified atom stereocenters. The van der Waals surface area contributed by atoms with Crippen LogP contribution < -0.4 is 11.1 Å². The number of nitrogens with two attached hydrogens (primary N) is 1. The summed E-state index contributed by atoms with van der Waals surface area (Å²) in [7, 11) is 1.51. The van der Waals surface area contributed by atoms with Crippen LogP contribution in [0.5, 0.6) is 0 Å². The van der Waals surface area contributed by atoms with E-state index >= 15 is 0 Å². The molecule has 0 aliphatic carbocycles. The maximum absolute atomic E-state index is 11.6. The molecule has 0 spiro atoms. The second-order valence-electron chi connectivity index (χ2n) is 4.40. The highest BCUT2D eigenvalue weighted by Gasteiger charge is 2.23. The van der Waals surface area contributed by atoms with Gasteiger partial charge in [-0.2, -0.15) is 0 Å². The first-order valence-electron chi connectivity index (χ1n) is 5.86. The average Bonchev–Trinajstić information content (AvgIpc) is 2.30. The number of carbonyl (C=O) groups excluding carboxylic acids is 2. The Balaban J connectivity index is 2.27. The van der Waals surface area contributed by atoms with E-state index in [1.807, 2.05) is 4.90 Å². The Morgan fingerprint density at radius 1 is 1.47 bits per heavy atom. The molecule has 17 heavy (non-hydrogen) atoms.